The van der Waals surface area contributed by atoms with Crippen LogP contribution in [0.2, 0.25) is 0 Å². The Bertz CT molecular complexity index is 442. The van der Waals surface area contributed by atoms with Crippen molar-refractivity contribution in [1.82, 2.24) is 5.32 Å². The molecule has 0 unspecified atom stereocenters. The van der Waals surface area contributed by atoms with Crippen molar-refractivity contribution in [2.24, 2.45) is 0 Å². The summed E-state index contributed by atoms with van der Waals surface area (Å²) in [6.45, 7) is 3.17. The molecule has 2 rings (SSSR count). The third kappa shape index (κ3) is 2.97. The molecule has 0 spiro atoms. The van der Waals surface area contributed by atoms with Crippen LogP contribution in [0.4, 0.5) is 0 Å². The normalized spacial score (nSPS) is 22.4. The molecule has 1 heterocycles. The van der Waals surface area contributed by atoms with Crippen LogP contribution in [0.15, 0.2) is 18.2 Å². The highest BCUT2D eigenvalue weighted by atomic mass is 16.5. The van der Waals surface area contributed by atoms with E-state index in [9.17, 15) is 15.0 Å². The molecule has 0 radical (unpaired) electrons. The summed E-state index contributed by atoms with van der Waals surface area (Å²) in [6.07, 6.45) is -0.207. The molecule has 6 heteroatoms. The summed E-state index contributed by atoms with van der Waals surface area (Å²) in [5.74, 6) is -1.07. The van der Waals surface area contributed by atoms with Gasteiger partial charge in [0, 0.05) is 6.61 Å². The molecule has 1 amide bonds. The van der Waals surface area contributed by atoms with Crippen LogP contribution in [0.25, 0.3) is 0 Å². The van der Waals surface area contributed by atoms with E-state index in [1.807, 2.05) is 6.92 Å². The summed E-state index contributed by atoms with van der Waals surface area (Å²) in [5, 5.41) is 21.9. The van der Waals surface area contributed by atoms with Gasteiger partial charge in [-0.3, -0.25) is 4.79 Å². The van der Waals surface area contributed by atoms with Gasteiger partial charge in [-0.25, -0.2) is 0 Å². The molecule has 0 saturated carbocycles. The van der Waals surface area contributed by atoms with Crippen LogP contribution in [0.1, 0.15) is 17.3 Å². The molecule has 1 saturated heterocycles. The fourth-order valence-electron chi connectivity index (χ4n) is 2.05. The molecule has 3 N–H and O–H groups in total. The molecule has 0 bridgehead atoms. The van der Waals surface area contributed by atoms with E-state index in [0.717, 1.165) is 0 Å². The summed E-state index contributed by atoms with van der Waals surface area (Å²) >= 11 is 0. The molecule has 1 aromatic rings. The standard InChI is InChI=1S/C13H17NO5/c1-2-19-11-7-18-6-8(11)14-13(17)12-9(15)4-3-5-10(12)16/h3-5,8,11,15-16H,2,6-7H2,1H3,(H,14,17)/t8-,11-/m1/s1. The van der Waals surface area contributed by atoms with Gasteiger partial charge in [0.15, 0.2) is 0 Å². The molecular weight excluding hydrogens is 250 g/mol. The molecule has 0 aromatic heterocycles. The first-order valence-electron chi connectivity index (χ1n) is 6.14. The molecule has 0 aliphatic carbocycles. The average molecular weight is 267 g/mol. The van der Waals surface area contributed by atoms with Gasteiger partial charge >= 0.3 is 0 Å². The second-order valence-corrected chi connectivity index (χ2v) is 4.28. The summed E-state index contributed by atoms with van der Waals surface area (Å²) in [7, 11) is 0. The number of benzene rings is 1. The number of phenols is 2. The van der Waals surface area contributed by atoms with Gasteiger partial charge in [-0.2, -0.15) is 0 Å². The van der Waals surface area contributed by atoms with Gasteiger partial charge in [-0.15, -0.1) is 0 Å². The number of rotatable bonds is 4. The lowest BCUT2D eigenvalue weighted by Crippen LogP contribution is -2.43. The second-order valence-electron chi connectivity index (χ2n) is 4.28. The number of ether oxygens (including phenoxy) is 2. The molecule has 19 heavy (non-hydrogen) atoms. The maximum absolute atomic E-state index is 12.0. The third-order valence-electron chi connectivity index (χ3n) is 2.97. The number of carbonyl (C=O) groups excluding carboxylic acids is 1. The number of carbonyl (C=O) groups is 1. The van der Waals surface area contributed by atoms with E-state index < -0.39 is 5.91 Å². The second kappa shape index (κ2) is 5.90. The molecule has 104 valence electrons. The Morgan fingerprint density at radius 3 is 2.74 bits per heavy atom. The SMILES string of the molecule is CCO[C@@H]1COC[C@H]1NC(=O)c1c(O)cccc1O. The van der Waals surface area contributed by atoms with E-state index in [4.69, 9.17) is 9.47 Å². The predicted octanol–water partition coefficient (Wildman–Crippen LogP) is 0.631. The molecule has 1 aliphatic rings. The third-order valence-corrected chi connectivity index (χ3v) is 2.97. The minimum absolute atomic E-state index is 0.135. The minimum atomic E-state index is -0.546. The Morgan fingerprint density at radius 2 is 2.11 bits per heavy atom. The Morgan fingerprint density at radius 1 is 1.42 bits per heavy atom. The molecule has 1 aromatic carbocycles. The fourth-order valence-corrected chi connectivity index (χ4v) is 2.05. The predicted molar refractivity (Wildman–Crippen MR) is 67.3 cm³/mol. The Balaban J connectivity index is 2.08. The van der Waals surface area contributed by atoms with Gasteiger partial charge in [0.25, 0.3) is 5.91 Å². The number of amides is 1. The molecule has 1 fully saturated rings. The van der Waals surface area contributed by atoms with Gasteiger partial charge in [0.2, 0.25) is 0 Å². The van der Waals surface area contributed by atoms with Gasteiger partial charge in [-0.1, -0.05) is 6.07 Å². The zero-order chi connectivity index (χ0) is 13.8. The number of hydrogen-bond donors (Lipinski definition) is 3. The Labute approximate surface area is 111 Å². The smallest absolute Gasteiger partial charge is 0.259 e. The summed E-state index contributed by atoms with van der Waals surface area (Å²) in [4.78, 5) is 12.0. The van der Waals surface area contributed by atoms with Crippen molar-refractivity contribution in [2.75, 3.05) is 19.8 Å². The summed E-state index contributed by atoms with van der Waals surface area (Å²) < 4.78 is 10.7. The Hall–Kier alpha value is -1.79. The lowest BCUT2D eigenvalue weighted by molar-refractivity contribution is 0.0402. The van der Waals surface area contributed by atoms with Crippen molar-refractivity contribution in [3.8, 4) is 11.5 Å². The van der Waals surface area contributed by atoms with Crippen LogP contribution < -0.4 is 5.32 Å². The lowest BCUT2D eigenvalue weighted by atomic mass is 10.1. The highest BCUT2D eigenvalue weighted by molar-refractivity contribution is 5.99. The van der Waals surface area contributed by atoms with E-state index in [0.29, 0.717) is 19.8 Å². The van der Waals surface area contributed by atoms with Crippen LogP contribution >= 0.6 is 0 Å². The molecule has 1 aliphatic heterocycles. The highest BCUT2D eigenvalue weighted by Gasteiger charge is 2.31. The van der Waals surface area contributed by atoms with Gasteiger partial charge in [0.05, 0.1) is 19.3 Å². The van der Waals surface area contributed by atoms with Crippen molar-refractivity contribution < 1.29 is 24.5 Å². The molecule has 6 nitrogen and oxygen atoms in total. The van der Waals surface area contributed by atoms with Crippen molar-refractivity contribution in [3.63, 3.8) is 0 Å². The van der Waals surface area contributed by atoms with E-state index in [1.165, 1.54) is 18.2 Å². The van der Waals surface area contributed by atoms with Gasteiger partial charge in [-0.05, 0) is 19.1 Å². The number of nitrogens with one attached hydrogen (secondary N) is 1. The number of aromatic hydroxyl groups is 2. The first kappa shape index (κ1) is 13.6. The maximum atomic E-state index is 12.0. The van der Waals surface area contributed by atoms with Crippen LogP contribution in [-0.4, -0.2) is 48.1 Å². The first-order chi connectivity index (χ1) is 9.13. The zero-order valence-electron chi connectivity index (χ0n) is 10.6. The zero-order valence-corrected chi connectivity index (χ0v) is 10.6. The fraction of sp³-hybridized carbons (Fsp3) is 0.462. The van der Waals surface area contributed by atoms with Gasteiger partial charge in [0.1, 0.15) is 23.2 Å². The van der Waals surface area contributed by atoms with Crippen molar-refractivity contribution in [3.05, 3.63) is 23.8 Å². The summed E-state index contributed by atoms with van der Waals surface area (Å²) in [5.41, 5.74) is -0.135. The largest absolute Gasteiger partial charge is 0.507 e. The van der Waals surface area contributed by atoms with Crippen LogP contribution in [-0.2, 0) is 9.47 Å². The van der Waals surface area contributed by atoms with E-state index in [2.05, 4.69) is 5.32 Å². The van der Waals surface area contributed by atoms with E-state index >= 15 is 0 Å². The average Bonchev–Trinajstić information content (AvgIpc) is 2.77. The Kier molecular flexibility index (Phi) is 4.24. The molecular formula is C13H17NO5. The van der Waals surface area contributed by atoms with Crippen LogP contribution in [0.3, 0.4) is 0 Å². The minimum Gasteiger partial charge on any atom is -0.507 e. The summed E-state index contributed by atoms with van der Waals surface area (Å²) in [6, 6.07) is 3.87. The molecule has 2 atom stereocenters. The highest BCUT2D eigenvalue weighted by Crippen LogP contribution is 2.26. The van der Waals surface area contributed by atoms with Crippen LogP contribution in [0.5, 0.6) is 11.5 Å². The van der Waals surface area contributed by atoms with Crippen molar-refractivity contribution >= 4 is 5.91 Å². The first-order valence-corrected chi connectivity index (χ1v) is 6.14. The quantitative estimate of drug-likeness (QED) is 0.744. The topological polar surface area (TPSA) is 88.0 Å². The van der Waals surface area contributed by atoms with E-state index in [-0.39, 0.29) is 29.2 Å². The van der Waals surface area contributed by atoms with E-state index in [1.54, 1.807) is 0 Å². The number of phenolic OH excluding ortho intramolecular Hbond substituents is 2. The maximum Gasteiger partial charge on any atom is 0.259 e. The number of hydrogen-bond acceptors (Lipinski definition) is 5. The monoisotopic (exact) mass is 267 g/mol. The lowest BCUT2D eigenvalue weighted by Gasteiger charge is -2.19. The van der Waals surface area contributed by atoms with Gasteiger partial charge < -0.3 is 25.0 Å². The van der Waals surface area contributed by atoms with Crippen molar-refractivity contribution in [2.45, 2.75) is 19.1 Å². The van der Waals surface area contributed by atoms with Crippen molar-refractivity contribution in [1.29, 1.82) is 0 Å². The van der Waals surface area contributed by atoms with Crippen LogP contribution in [0, 0.1) is 0 Å².